The molecule has 1 fully saturated rings. The first kappa shape index (κ1) is 15.1. The van der Waals surface area contributed by atoms with Crippen LogP contribution in [-0.2, 0) is 5.41 Å². The van der Waals surface area contributed by atoms with E-state index < -0.39 is 0 Å². The number of hydrogen-bond acceptors (Lipinski definition) is 4. The molecule has 0 amide bonds. The van der Waals surface area contributed by atoms with E-state index in [0.29, 0.717) is 5.41 Å². The predicted molar refractivity (Wildman–Crippen MR) is 85.6 cm³/mol. The molecule has 1 saturated heterocycles. The molecule has 1 aromatic heterocycles. The molecule has 0 bridgehead atoms. The minimum Gasteiger partial charge on any atom is -0.373 e. The first-order valence-corrected chi connectivity index (χ1v) is 7.46. The molecule has 4 heteroatoms. The second-order valence-corrected chi connectivity index (χ2v) is 7.68. The van der Waals surface area contributed by atoms with Gasteiger partial charge in [-0.1, -0.05) is 34.6 Å². The molecule has 1 N–H and O–H groups in total. The zero-order valence-electron chi connectivity index (χ0n) is 14.0. The van der Waals surface area contributed by atoms with Gasteiger partial charge in [-0.05, 0) is 18.8 Å². The van der Waals surface area contributed by atoms with Crippen LogP contribution in [0.5, 0.6) is 0 Å². The summed E-state index contributed by atoms with van der Waals surface area (Å²) in [4.78, 5) is 12.0. The van der Waals surface area contributed by atoms with E-state index in [4.69, 9.17) is 4.98 Å². The smallest absolute Gasteiger partial charge is 0.138 e. The minimum absolute atomic E-state index is 0.0384. The maximum Gasteiger partial charge on any atom is 0.138 e. The van der Waals surface area contributed by atoms with Gasteiger partial charge in [-0.3, -0.25) is 0 Å². The van der Waals surface area contributed by atoms with E-state index in [2.05, 4.69) is 56.7 Å². The summed E-state index contributed by atoms with van der Waals surface area (Å²) >= 11 is 0. The second kappa shape index (κ2) is 4.90. The molecule has 0 aliphatic carbocycles. The van der Waals surface area contributed by atoms with Gasteiger partial charge in [-0.25, -0.2) is 9.97 Å². The Morgan fingerprint density at radius 2 is 1.85 bits per heavy atom. The van der Waals surface area contributed by atoms with Crippen LogP contribution in [-0.4, -0.2) is 30.1 Å². The number of nitrogens with one attached hydrogen (secondary N) is 1. The highest BCUT2D eigenvalue weighted by Crippen LogP contribution is 2.35. The third-order valence-corrected chi connectivity index (χ3v) is 4.00. The molecular weight excluding hydrogens is 248 g/mol. The SMILES string of the molecule is CNc1nc(C(C)(C)C)nc(N2CCC(C)(C)C2)c1C. The molecule has 4 nitrogen and oxygen atoms in total. The summed E-state index contributed by atoms with van der Waals surface area (Å²) in [5, 5.41) is 3.21. The molecule has 112 valence electrons. The van der Waals surface area contributed by atoms with Crippen molar-refractivity contribution < 1.29 is 0 Å². The Balaban J connectivity index is 2.47. The lowest BCUT2D eigenvalue weighted by molar-refractivity contribution is 0.418. The molecule has 0 unspecified atom stereocenters. The van der Waals surface area contributed by atoms with Crippen molar-refractivity contribution in [2.24, 2.45) is 5.41 Å². The van der Waals surface area contributed by atoms with Crippen molar-refractivity contribution >= 4 is 11.6 Å². The van der Waals surface area contributed by atoms with E-state index in [1.54, 1.807) is 0 Å². The highest BCUT2D eigenvalue weighted by atomic mass is 15.2. The molecule has 0 aromatic carbocycles. The third kappa shape index (κ3) is 2.89. The largest absolute Gasteiger partial charge is 0.373 e. The molecule has 1 aromatic rings. The second-order valence-electron chi connectivity index (χ2n) is 7.68. The van der Waals surface area contributed by atoms with Gasteiger partial charge in [0.2, 0.25) is 0 Å². The fourth-order valence-electron chi connectivity index (χ4n) is 2.68. The average Bonchev–Trinajstić information content (AvgIpc) is 2.68. The van der Waals surface area contributed by atoms with Crippen LogP contribution in [0.1, 0.15) is 52.4 Å². The third-order valence-electron chi connectivity index (χ3n) is 4.00. The number of nitrogens with zero attached hydrogens (tertiary/aromatic N) is 3. The molecule has 2 heterocycles. The van der Waals surface area contributed by atoms with Gasteiger partial charge in [0, 0.05) is 31.1 Å². The highest BCUT2D eigenvalue weighted by Gasteiger charge is 2.32. The van der Waals surface area contributed by atoms with Gasteiger partial charge in [0.15, 0.2) is 0 Å². The van der Waals surface area contributed by atoms with Crippen molar-refractivity contribution in [3.05, 3.63) is 11.4 Å². The van der Waals surface area contributed by atoms with Gasteiger partial charge in [-0.2, -0.15) is 0 Å². The standard InChI is InChI=1S/C16H28N4/c1-11-12(17-7)18-14(15(2,3)4)19-13(11)20-9-8-16(5,6)10-20/h8-10H2,1-7H3,(H,17,18,19). The van der Waals surface area contributed by atoms with Crippen LogP contribution in [0.4, 0.5) is 11.6 Å². The van der Waals surface area contributed by atoms with Crippen LogP contribution >= 0.6 is 0 Å². The molecule has 1 aliphatic rings. The summed E-state index contributed by atoms with van der Waals surface area (Å²) in [6.07, 6.45) is 1.22. The van der Waals surface area contributed by atoms with Crippen molar-refractivity contribution in [2.45, 2.75) is 53.4 Å². The van der Waals surface area contributed by atoms with Crippen LogP contribution in [0, 0.1) is 12.3 Å². The molecule has 0 atom stereocenters. The average molecular weight is 276 g/mol. The van der Waals surface area contributed by atoms with Gasteiger partial charge < -0.3 is 10.2 Å². The van der Waals surface area contributed by atoms with Crippen LogP contribution < -0.4 is 10.2 Å². The van der Waals surface area contributed by atoms with Gasteiger partial charge >= 0.3 is 0 Å². The Bertz CT molecular complexity index is 500. The first-order chi connectivity index (χ1) is 9.14. The van der Waals surface area contributed by atoms with Crippen molar-refractivity contribution in [1.82, 2.24) is 9.97 Å². The molecule has 0 radical (unpaired) electrons. The fourth-order valence-corrected chi connectivity index (χ4v) is 2.68. The summed E-state index contributed by atoms with van der Waals surface area (Å²) in [6.45, 7) is 15.4. The summed E-state index contributed by atoms with van der Waals surface area (Å²) in [5.41, 5.74) is 1.49. The van der Waals surface area contributed by atoms with Crippen molar-refractivity contribution in [1.29, 1.82) is 0 Å². The van der Waals surface area contributed by atoms with Crippen LogP contribution in [0.25, 0.3) is 0 Å². The molecule has 1 aliphatic heterocycles. The van der Waals surface area contributed by atoms with Gasteiger partial charge in [-0.15, -0.1) is 0 Å². The molecule has 0 spiro atoms. The van der Waals surface area contributed by atoms with E-state index in [1.807, 2.05) is 7.05 Å². The van der Waals surface area contributed by atoms with Crippen LogP contribution in [0.3, 0.4) is 0 Å². The summed E-state index contributed by atoms with van der Waals surface area (Å²) in [6, 6.07) is 0. The molecule has 2 rings (SSSR count). The maximum absolute atomic E-state index is 4.87. The lowest BCUT2D eigenvalue weighted by Crippen LogP contribution is -2.27. The first-order valence-electron chi connectivity index (χ1n) is 7.46. The van der Waals surface area contributed by atoms with E-state index in [-0.39, 0.29) is 5.41 Å². The summed E-state index contributed by atoms with van der Waals surface area (Å²) in [5.74, 6) is 2.96. The fraction of sp³-hybridized carbons (Fsp3) is 0.750. The number of rotatable bonds is 2. The Kier molecular flexibility index (Phi) is 3.69. The maximum atomic E-state index is 4.87. The topological polar surface area (TPSA) is 41.1 Å². The zero-order valence-corrected chi connectivity index (χ0v) is 14.0. The Morgan fingerprint density at radius 3 is 2.30 bits per heavy atom. The monoisotopic (exact) mass is 276 g/mol. The van der Waals surface area contributed by atoms with E-state index >= 15 is 0 Å². The van der Waals surface area contributed by atoms with Gasteiger partial charge in [0.05, 0.1) is 0 Å². The van der Waals surface area contributed by atoms with Crippen molar-refractivity contribution in [3.8, 4) is 0 Å². The zero-order chi connectivity index (χ0) is 15.1. The number of hydrogen-bond donors (Lipinski definition) is 1. The molecule has 0 saturated carbocycles. The van der Waals surface area contributed by atoms with E-state index in [0.717, 1.165) is 36.1 Å². The van der Waals surface area contributed by atoms with Gasteiger partial charge in [0.25, 0.3) is 0 Å². The lowest BCUT2D eigenvalue weighted by atomic mass is 9.93. The molecule has 20 heavy (non-hydrogen) atoms. The van der Waals surface area contributed by atoms with E-state index in [9.17, 15) is 0 Å². The van der Waals surface area contributed by atoms with Crippen molar-refractivity contribution in [2.75, 3.05) is 30.4 Å². The summed E-state index contributed by atoms with van der Waals surface area (Å²) in [7, 11) is 1.93. The Hall–Kier alpha value is -1.32. The van der Waals surface area contributed by atoms with Crippen LogP contribution in [0.2, 0.25) is 0 Å². The number of anilines is 2. The van der Waals surface area contributed by atoms with Crippen molar-refractivity contribution in [3.63, 3.8) is 0 Å². The predicted octanol–water partition coefficient (Wildman–Crippen LogP) is 3.36. The molecular formula is C16H28N4. The Morgan fingerprint density at radius 1 is 1.20 bits per heavy atom. The minimum atomic E-state index is -0.0384. The van der Waals surface area contributed by atoms with Gasteiger partial charge in [0.1, 0.15) is 17.5 Å². The summed E-state index contributed by atoms with van der Waals surface area (Å²) < 4.78 is 0. The van der Waals surface area contributed by atoms with Crippen LogP contribution in [0.15, 0.2) is 0 Å². The van der Waals surface area contributed by atoms with E-state index in [1.165, 1.54) is 6.42 Å². The quantitative estimate of drug-likeness (QED) is 0.899. The normalized spacial score (nSPS) is 18.4. The lowest BCUT2D eigenvalue weighted by Gasteiger charge is -2.26. The Labute approximate surface area is 123 Å². The number of aromatic nitrogens is 2. The highest BCUT2D eigenvalue weighted by molar-refractivity contribution is 5.59.